The number of benzene rings is 2. The quantitative estimate of drug-likeness (QED) is 0.680. The smallest absolute Gasteiger partial charge is 0.264 e. The van der Waals surface area contributed by atoms with Gasteiger partial charge in [-0.3, -0.25) is 9.59 Å². The molecule has 1 aliphatic heterocycles. The first-order valence-electron chi connectivity index (χ1n) is 7.80. The van der Waals surface area contributed by atoms with Crippen LogP contribution in [0.2, 0.25) is 0 Å². The molecule has 3 rings (SSSR count). The van der Waals surface area contributed by atoms with Gasteiger partial charge in [-0.25, -0.2) is 0 Å². The molecule has 0 aliphatic carbocycles. The molecule has 4 heteroatoms. The molecule has 2 aromatic carbocycles. The standard InChI is InChI=1S/C20H19NO3/c1-14(2)13-21-17-11-7-6-10-16(17)20(24,19(21)23)12-18(22)15-8-4-3-5-9-15/h3-11,24H,1,12-13H2,2H3/t20-/m0/s1. The van der Waals surface area contributed by atoms with Gasteiger partial charge in [-0.1, -0.05) is 60.7 Å². The minimum Gasteiger partial charge on any atom is -0.375 e. The van der Waals surface area contributed by atoms with Crippen molar-refractivity contribution in [2.45, 2.75) is 18.9 Å². The highest BCUT2D eigenvalue weighted by Gasteiger charge is 2.50. The molecule has 0 unspecified atom stereocenters. The van der Waals surface area contributed by atoms with Gasteiger partial charge in [0.15, 0.2) is 11.4 Å². The lowest BCUT2D eigenvalue weighted by Crippen LogP contribution is -2.42. The summed E-state index contributed by atoms with van der Waals surface area (Å²) in [4.78, 5) is 26.9. The van der Waals surface area contributed by atoms with Crippen LogP contribution in [-0.4, -0.2) is 23.3 Å². The van der Waals surface area contributed by atoms with Crippen LogP contribution in [0.3, 0.4) is 0 Å². The van der Waals surface area contributed by atoms with Crippen molar-refractivity contribution in [3.8, 4) is 0 Å². The highest BCUT2D eigenvalue weighted by atomic mass is 16.3. The van der Waals surface area contributed by atoms with E-state index >= 15 is 0 Å². The molecule has 1 aliphatic rings. The van der Waals surface area contributed by atoms with Gasteiger partial charge in [0.05, 0.1) is 12.1 Å². The zero-order valence-electron chi connectivity index (χ0n) is 13.5. The second kappa shape index (κ2) is 6.06. The van der Waals surface area contributed by atoms with Crippen LogP contribution in [0, 0.1) is 0 Å². The normalized spacial score (nSPS) is 19.2. The second-order valence-electron chi connectivity index (χ2n) is 6.19. The van der Waals surface area contributed by atoms with E-state index in [1.54, 1.807) is 42.5 Å². The fourth-order valence-corrected chi connectivity index (χ4v) is 3.06. The van der Waals surface area contributed by atoms with Crippen molar-refractivity contribution in [3.05, 3.63) is 77.9 Å². The van der Waals surface area contributed by atoms with Gasteiger partial charge in [-0.15, -0.1) is 0 Å². The zero-order chi connectivity index (χ0) is 17.3. The molecule has 2 aromatic rings. The topological polar surface area (TPSA) is 57.6 Å². The largest absolute Gasteiger partial charge is 0.375 e. The first kappa shape index (κ1) is 16.1. The molecule has 1 amide bonds. The highest BCUT2D eigenvalue weighted by Crippen LogP contribution is 2.43. The lowest BCUT2D eigenvalue weighted by Gasteiger charge is -2.22. The molecule has 0 aromatic heterocycles. The Balaban J connectivity index is 1.98. The van der Waals surface area contributed by atoms with E-state index in [1.165, 1.54) is 4.90 Å². The van der Waals surface area contributed by atoms with Crippen LogP contribution >= 0.6 is 0 Å². The van der Waals surface area contributed by atoms with Crippen molar-refractivity contribution >= 4 is 17.4 Å². The van der Waals surface area contributed by atoms with Crippen LogP contribution in [0.4, 0.5) is 5.69 Å². The Morgan fingerprint density at radius 1 is 1.12 bits per heavy atom. The number of aliphatic hydroxyl groups is 1. The second-order valence-corrected chi connectivity index (χ2v) is 6.19. The molecule has 0 radical (unpaired) electrons. The number of carbonyl (C=O) groups is 2. The third kappa shape index (κ3) is 2.65. The molecule has 1 heterocycles. The molecule has 122 valence electrons. The van der Waals surface area contributed by atoms with Crippen molar-refractivity contribution < 1.29 is 14.7 Å². The number of fused-ring (bicyclic) bond motifs is 1. The lowest BCUT2D eigenvalue weighted by atomic mass is 9.88. The number of carbonyl (C=O) groups excluding carboxylic acids is 2. The number of amides is 1. The Hall–Kier alpha value is -2.72. The van der Waals surface area contributed by atoms with E-state index in [2.05, 4.69) is 6.58 Å². The molecular weight excluding hydrogens is 302 g/mol. The van der Waals surface area contributed by atoms with Gasteiger partial charge in [0.25, 0.3) is 5.91 Å². The lowest BCUT2D eigenvalue weighted by molar-refractivity contribution is -0.135. The Labute approximate surface area is 141 Å². The van der Waals surface area contributed by atoms with Gasteiger partial charge in [0, 0.05) is 17.7 Å². The Kier molecular flexibility index (Phi) is 4.08. The summed E-state index contributed by atoms with van der Waals surface area (Å²) in [5.41, 5.74) is 0.555. The van der Waals surface area contributed by atoms with E-state index in [0.717, 1.165) is 5.57 Å². The minimum absolute atomic E-state index is 0.265. The number of hydrogen-bond acceptors (Lipinski definition) is 3. The number of para-hydroxylation sites is 1. The van der Waals surface area contributed by atoms with Crippen LogP contribution in [-0.2, 0) is 10.4 Å². The predicted octanol–water partition coefficient (Wildman–Crippen LogP) is 3.07. The summed E-state index contributed by atoms with van der Waals surface area (Å²) in [5, 5.41) is 11.1. The Morgan fingerprint density at radius 3 is 2.42 bits per heavy atom. The van der Waals surface area contributed by atoms with Gasteiger partial charge in [-0.05, 0) is 13.0 Å². The molecule has 0 fully saturated rings. The SMILES string of the molecule is C=C(C)CN1C(=O)[C@](O)(CC(=O)c2ccccc2)c2ccccc21. The van der Waals surface area contributed by atoms with Crippen LogP contribution < -0.4 is 4.90 Å². The number of nitrogens with zero attached hydrogens (tertiary/aromatic N) is 1. The van der Waals surface area contributed by atoms with E-state index < -0.39 is 11.5 Å². The summed E-state index contributed by atoms with van der Waals surface area (Å²) >= 11 is 0. The van der Waals surface area contributed by atoms with Crippen molar-refractivity contribution in [2.75, 3.05) is 11.4 Å². The fourth-order valence-electron chi connectivity index (χ4n) is 3.06. The minimum atomic E-state index is -1.83. The van der Waals surface area contributed by atoms with Crippen molar-refractivity contribution in [3.63, 3.8) is 0 Å². The van der Waals surface area contributed by atoms with Crippen molar-refractivity contribution in [1.29, 1.82) is 0 Å². The molecule has 4 nitrogen and oxygen atoms in total. The van der Waals surface area contributed by atoms with Gasteiger partial charge in [-0.2, -0.15) is 0 Å². The monoisotopic (exact) mass is 321 g/mol. The number of hydrogen-bond donors (Lipinski definition) is 1. The van der Waals surface area contributed by atoms with Crippen LogP contribution in [0.25, 0.3) is 0 Å². The average molecular weight is 321 g/mol. The van der Waals surface area contributed by atoms with Gasteiger partial charge in [0.1, 0.15) is 0 Å². The zero-order valence-corrected chi connectivity index (χ0v) is 13.5. The molecule has 0 bridgehead atoms. The maximum atomic E-state index is 12.9. The van der Waals surface area contributed by atoms with E-state index in [0.29, 0.717) is 23.4 Å². The highest BCUT2D eigenvalue weighted by molar-refractivity contribution is 6.10. The summed E-state index contributed by atoms with van der Waals surface area (Å²) in [7, 11) is 0. The molecule has 0 saturated carbocycles. The summed E-state index contributed by atoms with van der Waals surface area (Å²) in [5.74, 6) is -0.741. The third-order valence-electron chi connectivity index (χ3n) is 4.18. The van der Waals surface area contributed by atoms with E-state index in [4.69, 9.17) is 0 Å². The first-order chi connectivity index (χ1) is 11.4. The number of rotatable bonds is 5. The molecule has 24 heavy (non-hydrogen) atoms. The predicted molar refractivity (Wildman–Crippen MR) is 92.9 cm³/mol. The van der Waals surface area contributed by atoms with E-state index in [-0.39, 0.29) is 12.2 Å². The number of Topliss-reactive ketones (excluding diaryl/α,β-unsaturated/α-hetero) is 1. The first-order valence-corrected chi connectivity index (χ1v) is 7.80. The number of anilines is 1. The van der Waals surface area contributed by atoms with Gasteiger partial charge < -0.3 is 10.0 Å². The van der Waals surface area contributed by atoms with E-state index in [9.17, 15) is 14.7 Å². The molecule has 1 atom stereocenters. The van der Waals surface area contributed by atoms with E-state index in [1.807, 2.05) is 19.1 Å². The summed E-state index contributed by atoms with van der Waals surface area (Å²) in [6.45, 7) is 5.98. The Bertz CT molecular complexity index is 813. The molecular formula is C20H19NO3. The summed E-state index contributed by atoms with van der Waals surface area (Å²) < 4.78 is 0. The van der Waals surface area contributed by atoms with Crippen LogP contribution in [0.15, 0.2) is 66.7 Å². The third-order valence-corrected chi connectivity index (χ3v) is 4.18. The van der Waals surface area contributed by atoms with Crippen LogP contribution in [0.1, 0.15) is 29.3 Å². The van der Waals surface area contributed by atoms with Crippen molar-refractivity contribution in [2.24, 2.45) is 0 Å². The molecule has 0 saturated heterocycles. The molecule has 1 N–H and O–H groups in total. The average Bonchev–Trinajstić information content (AvgIpc) is 2.78. The Morgan fingerprint density at radius 2 is 1.75 bits per heavy atom. The maximum absolute atomic E-state index is 12.9. The van der Waals surface area contributed by atoms with Gasteiger partial charge >= 0.3 is 0 Å². The number of ketones is 1. The summed E-state index contributed by atoms with van der Waals surface area (Å²) in [6, 6.07) is 15.7. The fraction of sp³-hybridized carbons (Fsp3) is 0.200. The maximum Gasteiger partial charge on any atom is 0.264 e. The van der Waals surface area contributed by atoms with Crippen LogP contribution in [0.5, 0.6) is 0 Å². The van der Waals surface area contributed by atoms with Crippen molar-refractivity contribution in [1.82, 2.24) is 0 Å². The van der Waals surface area contributed by atoms with Gasteiger partial charge in [0.2, 0.25) is 0 Å². The molecule has 0 spiro atoms. The summed E-state index contributed by atoms with van der Waals surface area (Å²) in [6.07, 6.45) is -0.278.